The Morgan fingerprint density at radius 1 is 1.43 bits per heavy atom. The minimum absolute atomic E-state index is 0.714. The maximum absolute atomic E-state index is 5.56. The molecule has 0 aliphatic heterocycles. The standard InChI is InChI=1S/C11H11BrOS/c1-3-13-9-6-14-10-5-7(2)4-8(12)11(9)10/h4-6H,3H2,1-2H3. The van der Waals surface area contributed by atoms with Crippen LogP contribution in [0.5, 0.6) is 5.75 Å². The lowest BCUT2D eigenvalue weighted by atomic mass is 10.2. The highest BCUT2D eigenvalue weighted by molar-refractivity contribution is 9.10. The van der Waals surface area contributed by atoms with Crippen molar-refractivity contribution < 1.29 is 4.74 Å². The largest absolute Gasteiger partial charge is 0.492 e. The lowest BCUT2D eigenvalue weighted by Gasteiger charge is -2.02. The molecule has 0 bridgehead atoms. The SMILES string of the molecule is CCOc1csc2cc(C)cc(Br)c12. The van der Waals surface area contributed by atoms with Crippen molar-refractivity contribution in [1.29, 1.82) is 0 Å². The summed E-state index contributed by atoms with van der Waals surface area (Å²) in [6.07, 6.45) is 0. The summed E-state index contributed by atoms with van der Waals surface area (Å²) < 4.78 is 7.96. The van der Waals surface area contributed by atoms with Crippen LogP contribution in [0.1, 0.15) is 12.5 Å². The van der Waals surface area contributed by atoms with Gasteiger partial charge in [-0.1, -0.05) is 0 Å². The Kier molecular flexibility index (Phi) is 2.79. The molecule has 0 atom stereocenters. The molecule has 0 N–H and O–H groups in total. The maximum atomic E-state index is 5.56. The van der Waals surface area contributed by atoms with Gasteiger partial charge in [0.1, 0.15) is 5.75 Å². The van der Waals surface area contributed by atoms with Crippen molar-refractivity contribution in [1.82, 2.24) is 0 Å². The molecule has 0 spiro atoms. The molecule has 1 aromatic heterocycles. The van der Waals surface area contributed by atoms with Crippen molar-refractivity contribution in [3.05, 3.63) is 27.5 Å². The summed E-state index contributed by atoms with van der Waals surface area (Å²) in [4.78, 5) is 0. The van der Waals surface area contributed by atoms with Gasteiger partial charge in [-0.15, -0.1) is 11.3 Å². The van der Waals surface area contributed by atoms with Crippen LogP contribution in [0.4, 0.5) is 0 Å². The Labute approximate surface area is 95.8 Å². The third-order valence-corrected chi connectivity index (χ3v) is 3.57. The van der Waals surface area contributed by atoms with E-state index in [1.807, 2.05) is 6.92 Å². The molecule has 2 rings (SSSR count). The minimum atomic E-state index is 0.714. The van der Waals surface area contributed by atoms with Gasteiger partial charge in [0.05, 0.1) is 6.61 Å². The molecule has 0 saturated carbocycles. The summed E-state index contributed by atoms with van der Waals surface area (Å²) in [5.41, 5.74) is 1.27. The van der Waals surface area contributed by atoms with Crippen molar-refractivity contribution in [2.24, 2.45) is 0 Å². The molecule has 14 heavy (non-hydrogen) atoms. The first-order chi connectivity index (χ1) is 6.72. The van der Waals surface area contributed by atoms with E-state index in [1.165, 1.54) is 15.6 Å². The van der Waals surface area contributed by atoms with Crippen molar-refractivity contribution in [3.63, 3.8) is 0 Å². The van der Waals surface area contributed by atoms with E-state index < -0.39 is 0 Å². The molecular formula is C11H11BrOS. The van der Waals surface area contributed by atoms with Crippen molar-refractivity contribution in [3.8, 4) is 5.75 Å². The van der Waals surface area contributed by atoms with Crippen molar-refractivity contribution >= 4 is 37.4 Å². The van der Waals surface area contributed by atoms with Crippen LogP contribution in [-0.2, 0) is 0 Å². The Morgan fingerprint density at radius 3 is 2.93 bits per heavy atom. The van der Waals surface area contributed by atoms with Crippen LogP contribution in [0.2, 0.25) is 0 Å². The zero-order valence-corrected chi connectivity index (χ0v) is 10.5. The third kappa shape index (κ3) is 1.66. The molecule has 0 aliphatic rings. The second kappa shape index (κ2) is 3.91. The number of halogens is 1. The fraction of sp³-hybridized carbons (Fsp3) is 0.273. The Hall–Kier alpha value is -0.540. The number of rotatable bonds is 2. The number of ether oxygens (including phenoxy) is 1. The van der Waals surface area contributed by atoms with Crippen LogP contribution in [0.3, 0.4) is 0 Å². The summed E-state index contributed by atoms with van der Waals surface area (Å²) in [7, 11) is 0. The number of hydrogen-bond acceptors (Lipinski definition) is 2. The molecule has 0 amide bonds. The first-order valence-electron chi connectivity index (χ1n) is 4.52. The summed E-state index contributed by atoms with van der Waals surface area (Å²) in [6.45, 7) is 4.82. The van der Waals surface area contributed by atoms with E-state index in [0.29, 0.717) is 6.61 Å². The Morgan fingerprint density at radius 2 is 2.21 bits per heavy atom. The molecule has 74 valence electrons. The lowest BCUT2D eigenvalue weighted by Crippen LogP contribution is -1.89. The van der Waals surface area contributed by atoms with Gasteiger partial charge in [0.15, 0.2) is 0 Å². The van der Waals surface area contributed by atoms with Gasteiger partial charge in [-0.2, -0.15) is 0 Å². The highest BCUT2D eigenvalue weighted by Gasteiger charge is 2.08. The van der Waals surface area contributed by atoms with Gasteiger partial charge >= 0.3 is 0 Å². The van der Waals surface area contributed by atoms with Gasteiger partial charge in [-0.05, 0) is 47.5 Å². The second-order valence-electron chi connectivity index (χ2n) is 3.15. The van der Waals surface area contributed by atoms with E-state index in [1.54, 1.807) is 11.3 Å². The first kappa shape index (κ1) is 9.99. The van der Waals surface area contributed by atoms with E-state index in [0.717, 1.165) is 10.2 Å². The summed E-state index contributed by atoms with van der Waals surface area (Å²) in [5.74, 6) is 0.986. The molecular weight excluding hydrogens is 260 g/mol. The van der Waals surface area contributed by atoms with Gasteiger partial charge in [-0.3, -0.25) is 0 Å². The van der Waals surface area contributed by atoms with Gasteiger partial charge in [0.25, 0.3) is 0 Å². The lowest BCUT2D eigenvalue weighted by molar-refractivity contribution is 0.345. The number of aryl methyl sites for hydroxylation is 1. The predicted octanol–water partition coefficient (Wildman–Crippen LogP) is 4.37. The minimum Gasteiger partial charge on any atom is -0.492 e. The van der Waals surface area contributed by atoms with E-state index in [9.17, 15) is 0 Å². The molecule has 0 unspecified atom stereocenters. The fourth-order valence-corrected chi connectivity index (χ4v) is 3.38. The molecule has 1 aromatic carbocycles. The molecule has 3 heteroatoms. The monoisotopic (exact) mass is 270 g/mol. The smallest absolute Gasteiger partial charge is 0.138 e. The maximum Gasteiger partial charge on any atom is 0.138 e. The van der Waals surface area contributed by atoms with Gasteiger partial charge in [-0.25, -0.2) is 0 Å². The number of hydrogen-bond donors (Lipinski definition) is 0. The van der Waals surface area contributed by atoms with Crippen molar-refractivity contribution in [2.75, 3.05) is 6.61 Å². The Balaban J connectivity index is 2.66. The van der Waals surface area contributed by atoms with Gasteiger partial charge < -0.3 is 4.74 Å². The molecule has 0 aliphatic carbocycles. The van der Waals surface area contributed by atoms with Crippen LogP contribution in [0, 0.1) is 6.92 Å². The van der Waals surface area contributed by atoms with Gasteiger partial charge in [0, 0.05) is 19.9 Å². The molecule has 2 aromatic rings. The topological polar surface area (TPSA) is 9.23 Å². The number of benzene rings is 1. The summed E-state index contributed by atoms with van der Waals surface area (Å²) in [6, 6.07) is 4.31. The van der Waals surface area contributed by atoms with Crippen molar-refractivity contribution in [2.45, 2.75) is 13.8 Å². The molecule has 1 heterocycles. The van der Waals surface area contributed by atoms with Crippen LogP contribution in [0.15, 0.2) is 22.0 Å². The van der Waals surface area contributed by atoms with Crippen LogP contribution in [-0.4, -0.2) is 6.61 Å². The molecule has 0 saturated heterocycles. The van der Waals surface area contributed by atoms with E-state index in [-0.39, 0.29) is 0 Å². The first-order valence-corrected chi connectivity index (χ1v) is 6.19. The average Bonchev–Trinajstić information content (AvgIpc) is 2.49. The normalized spacial score (nSPS) is 10.8. The Bertz CT molecular complexity index is 462. The third-order valence-electron chi connectivity index (χ3n) is 2.04. The fourth-order valence-electron chi connectivity index (χ4n) is 1.48. The second-order valence-corrected chi connectivity index (χ2v) is 4.92. The zero-order valence-electron chi connectivity index (χ0n) is 8.13. The highest BCUT2D eigenvalue weighted by atomic mass is 79.9. The molecule has 0 radical (unpaired) electrons. The van der Waals surface area contributed by atoms with E-state index in [4.69, 9.17) is 4.74 Å². The average molecular weight is 271 g/mol. The zero-order chi connectivity index (χ0) is 10.1. The molecule has 1 nitrogen and oxygen atoms in total. The van der Waals surface area contributed by atoms with Gasteiger partial charge in [0.2, 0.25) is 0 Å². The van der Waals surface area contributed by atoms with Crippen LogP contribution >= 0.6 is 27.3 Å². The van der Waals surface area contributed by atoms with E-state index >= 15 is 0 Å². The van der Waals surface area contributed by atoms with Crippen LogP contribution < -0.4 is 4.74 Å². The van der Waals surface area contributed by atoms with E-state index in [2.05, 4.69) is 40.4 Å². The quantitative estimate of drug-likeness (QED) is 0.788. The number of thiophene rings is 1. The summed E-state index contributed by atoms with van der Waals surface area (Å²) in [5, 5.41) is 3.26. The highest BCUT2D eigenvalue weighted by Crippen LogP contribution is 2.38. The van der Waals surface area contributed by atoms with Crippen LogP contribution in [0.25, 0.3) is 10.1 Å². The predicted molar refractivity (Wildman–Crippen MR) is 65.4 cm³/mol. The summed E-state index contributed by atoms with van der Waals surface area (Å²) >= 11 is 5.30. The number of fused-ring (bicyclic) bond motifs is 1. The molecule has 0 fully saturated rings.